The van der Waals surface area contributed by atoms with Gasteiger partial charge in [0.15, 0.2) is 0 Å². The number of alkyl halides is 1. The van der Waals surface area contributed by atoms with Crippen LogP contribution in [0.3, 0.4) is 0 Å². The normalized spacial score (nSPS) is 11.1. The van der Waals surface area contributed by atoms with Crippen LogP contribution in [-0.4, -0.2) is 6.26 Å². The van der Waals surface area contributed by atoms with Gasteiger partial charge >= 0.3 is 0 Å². The predicted octanol–water partition coefficient (Wildman–Crippen LogP) is 4.67. The highest BCUT2D eigenvalue weighted by Crippen LogP contribution is 2.34. The van der Waals surface area contributed by atoms with E-state index in [4.69, 9.17) is 11.6 Å². The number of hydrogen-bond donors (Lipinski definition) is 0. The molecule has 0 nitrogen and oxygen atoms in total. The third-order valence-electron chi connectivity index (χ3n) is 2.22. The molecule has 3 heteroatoms. The second-order valence-electron chi connectivity index (χ2n) is 3.16. The highest BCUT2D eigenvalue weighted by molar-refractivity contribution is 7.98. The van der Waals surface area contributed by atoms with Crippen molar-refractivity contribution in [2.75, 3.05) is 6.26 Å². The number of benzene rings is 1. The van der Waals surface area contributed by atoms with Crippen LogP contribution in [0.25, 0.3) is 10.1 Å². The Morgan fingerprint density at radius 2 is 2.21 bits per heavy atom. The van der Waals surface area contributed by atoms with Crippen LogP contribution in [-0.2, 0) is 5.88 Å². The van der Waals surface area contributed by atoms with Crippen LogP contribution in [0, 0.1) is 6.92 Å². The van der Waals surface area contributed by atoms with Gasteiger partial charge in [-0.3, -0.25) is 0 Å². The van der Waals surface area contributed by atoms with Crippen LogP contribution in [0.1, 0.15) is 10.4 Å². The summed E-state index contributed by atoms with van der Waals surface area (Å²) >= 11 is 9.59. The summed E-state index contributed by atoms with van der Waals surface area (Å²) in [5.74, 6) is 0.605. The monoisotopic (exact) mass is 242 g/mol. The molecule has 0 saturated carbocycles. The molecular weight excluding hydrogens is 232 g/mol. The van der Waals surface area contributed by atoms with Crippen molar-refractivity contribution in [3.63, 3.8) is 0 Å². The van der Waals surface area contributed by atoms with Gasteiger partial charge in [-0.05, 0) is 36.3 Å². The maximum atomic E-state index is 5.99. The Bertz CT molecular complexity index is 460. The largest absolute Gasteiger partial charge is 0.140 e. The van der Waals surface area contributed by atoms with Gasteiger partial charge in [-0.2, -0.15) is 0 Å². The Hall–Kier alpha value is -0.180. The number of hydrogen-bond acceptors (Lipinski definition) is 2. The summed E-state index contributed by atoms with van der Waals surface area (Å²) in [5, 5.41) is 1.32. The zero-order chi connectivity index (χ0) is 10.1. The maximum absolute atomic E-state index is 5.99. The maximum Gasteiger partial charge on any atom is 0.0499 e. The van der Waals surface area contributed by atoms with E-state index >= 15 is 0 Å². The van der Waals surface area contributed by atoms with Crippen molar-refractivity contribution in [1.82, 2.24) is 0 Å². The molecule has 0 aliphatic heterocycles. The van der Waals surface area contributed by atoms with Crippen LogP contribution in [0.4, 0.5) is 0 Å². The minimum Gasteiger partial charge on any atom is -0.140 e. The molecule has 0 fully saturated rings. The number of halogens is 1. The number of thioether (sulfide) groups is 1. The summed E-state index contributed by atoms with van der Waals surface area (Å²) in [6.07, 6.45) is 2.09. The van der Waals surface area contributed by atoms with Crippen molar-refractivity contribution in [3.05, 3.63) is 28.6 Å². The summed E-state index contributed by atoms with van der Waals surface area (Å²) in [4.78, 5) is 2.65. The predicted molar refractivity (Wildman–Crippen MR) is 67.9 cm³/mol. The van der Waals surface area contributed by atoms with Crippen molar-refractivity contribution in [3.8, 4) is 0 Å². The molecule has 14 heavy (non-hydrogen) atoms. The van der Waals surface area contributed by atoms with Crippen molar-refractivity contribution in [2.45, 2.75) is 17.7 Å². The first-order chi connectivity index (χ1) is 6.76. The number of fused-ring (bicyclic) bond motifs is 1. The zero-order valence-corrected chi connectivity index (χ0v) is 10.5. The summed E-state index contributed by atoms with van der Waals surface area (Å²) < 4.78 is 1.35. The summed E-state index contributed by atoms with van der Waals surface area (Å²) in [5.41, 5.74) is 1.29. The molecule has 0 amide bonds. The minimum atomic E-state index is 0.605. The van der Waals surface area contributed by atoms with E-state index in [1.807, 2.05) is 11.3 Å². The molecule has 0 bridgehead atoms. The molecular formula is C11H11ClS2. The van der Waals surface area contributed by atoms with Crippen molar-refractivity contribution in [1.29, 1.82) is 0 Å². The molecule has 74 valence electrons. The number of thiophene rings is 1. The van der Waals surface area contributed by atoms with Crippen LogP contribution in [0.2, 0.25) is 0 Å². The standard InChI is InChI=1S/C11H11ClS2/c1-7-5-8-3-4-10(13-2)9(6-12)11(8)14-7/h3-5H,6H2,1-2H3. The van der Waals surface area contributed by atoms with E-state index in [9.17, 15) is 0 Å². The lowest BCUT2D eigenvalue weighted by Crippen LogP contribution is -1.82. The third kappa shape index (κ3) is 1.67. The van der Waals surface area contributed by atoms with Crippen molar-refractivity contribution < 1.29 is 0 Å². The molecule has 0 atom stereocenters. The quantitative estimate of drug-likeness (QED) is 0.545. The van der Waals surface area contributed by atoms with E-state index in [1.165, 1.54) is 25.4 Å². The molecule has 0 aliphatic rings. The van der Waals surface area contributed by atoms with Crippen molar-refractivity contribution in [2.24, 2.45) is 0 Å². The van der Waals surface area contributed by atoms with Gasteiger partial charge < -0.3 is 0 Å². The second kappa shape index (κ2) is 4.13. The van der Waals surface area contributed by atoms with Gasteiger partial charge in [0, 0.05) is 20.4 Å². The lowest BCUT2D eigenvalue weighted by atomic mass is 10.2. The molecule has 2 rings (SSSR count). The first-order valence-corrected chi connectivity index (χ1v) is 6.96. The first-order valence-electron chi connectivity index (χ1n) is 4.38. The smallest absolute Gasteiger partial charge is 0.0499 e. The molecule has 0 unspecified atom stereocenters. The fourth-order valence-corrected chi connectivity index (χ4v) is 3.77. The second-order valence-corrected chi connectivity index (χ2v) is 5.53. The van der Waals surface area contributed by atoms with Gasteiger partial charge in [0.2, 0.25) is 0 Å². The van der Waals surface area contributed by atoms with Crippen LogP contribution >= 0.6 is 34.7 Å². The zero-order valence-electron chi connectivity index (χ0n) is 8.13. The highest BCUT2D eigenvalue weighted by Gasteiger charge is 2.08. The molecule has 1 aromatic heterocycles. The molecule has 0 radical (unpaired) electrons. The molecule has 1 heterocycles. The molecule has 1 aromatic carbocycles. The Morgan fingerprint density at radius 1 is 1.43 bits per heavy atom. The molecule has 0 N–H and O–H groups in total. The van der Waals surface area contributed by atoms with Crippen LogP contribution in [0.15, 0.2) is 23.1 Å². The summed E-state index contributed by atoms with van der Waals surface area (Å²) in [7, 11) is 0. The Morgan fingerprint density at radius 3 is 2.86 bits per heavy atom. The van der Waals surface area contributed by atoms with E-state index in [0.717, 1.165) is 0 Å². The van der Waals surface area contributed by atoms with Crippen LogP contribution in [0.5, 0.6) is 0 Å². The van der Waals surface area contributed by atoms with E-state index in [1.54, 1.807) is 11.8 Å². The van der Waals surface area contributed by atoms with Crippen LogP contribution < -0.4 is 0 Å². The Balaban J connectivity index is 2.75. The van der Waals surface area contributed by atoms with E-state index in [0.29, 0.717) is 5.88 Å². The van der Waals surface area contributed by atoms with Gasteiger partial charge in [-0.25, -0.2) is 0 Å². The van der Waals surface area contributed by atoms with Gasteiger partial charge in [-0.1, -0.05) is 6.07 Å². The lowest BCUT2D eigenvalue weighted by molar-refractivity contribution is 1.31. The minimum absolute atomic E-state index is 0.605. The molecule has 2 aromatic rings. The molecule has 0 spiro atoms. The molecule has 0 aliphatic carbocycles. The van der Waals surface area contributed by atoms with Gasteiger partial charge in [-0.15, -0.1) is 34.7 Å². The van der Waals surface area contributed by atoms with E-state index < -0.39 is 0 Å². The summed E-state index contributed by atoms with van der Waals surface area (Å²) in [6, 6.07) is 6.57. The topological polar surface area (TPSA) is 0 Å². The van der Waals surface area contributed by atoms with E-state index in [2.05, 4.69) is 31.4 Å². The van der Waals surface area contributed by atoms with E-state index in [-0.39, 0.29) is 0 Å². The summed E-state index contributed by atoms with van der Waals surface area (Å²) in [6.45, 7) is 2.14. The fourth-order valence-electron chi connectivity index (χ4n) is 1.59. The van der Waals surface area contributed by atoms with Gasteiger partial charge in [0.25, 0.3) is 0 Å². The average Bonchev–Trinajstić information content (AvgIpc) is 2.56. The highest BCUT2D eigenvalue weighted by atomic mass is 35.5. The molecule has 0 saturated heterocycles. The lowest BCUT2D eigenvalue weighted by Gasteiger charge is -2.04. The first kappa shape index (κ1) is 10.3. The average molecular weight is 243 g/mol. The van der Waals surface area contributed by atoms with Gasteiger partial charge in [0.05, 0.1) is 0 Å². The third-order valence-corrected chi connectivity index (χ3v) is 4.44. The fraction of sp³-hybridized carbons (Fsp3) is 0.273. The SMILES string of the molecule is CSc1ccc2cc(C)sc2c1CCl. The number of aryl methyl sites for hydroxylation is 1. The van der Waals surface area contributed by atoms with Gasteiger partial charge in [0.1, 0.15) is 0 Å². The Kier molecular flexibility index (Phi) is 3.05. The van der Waals surface area contributed by atoms with Crippen molar-refractivity contribution >= 4 is 44.8 Å². The Labute approximate surface area is 97.3 Å². The number of rotatable bonds is 2.